The van der Waals surface area contributed by atoms with Crippen LogP contribution >= 0.6 is 34.8 Å². The van der Waals surface area contributed by atoms with Gasteiger partial charge in [0.05, 0.1) is 5.92 Å². The lowest BCUT2D eigenvalue weighted by atomic mass is 9.93. The Morgan fingerprint density at radius 2 is 1.83 bits per heavy atom. The molecule has 1 N–H and O–H groups in total. The molecule has 2 atom stereocenters. The van der Waals surface area contributed by atoms with Crippen LogP contribution in [0.2, 0.25) is 5.02 Å². The molecule has 0 radical (unpaired) electrons. The molecular weight excluding hydrogens is 365 g/mol. The Hall–Kier alpha value is -1.22. The van der Waals surface area contributed by atoms with Gasteiger partial charge in [-0.05, 0) is 41.7 Å². The first kappa shape index (κ1) is 17.6. The molecular formula is C19H18Cl3NO. The lowest BCUT2D eigenvalue weighted by Crippen LogP contribution is -2.35. The Kier molecular flexibility index (Phi) is 5.70. The van der Waals surface area contributed by atoms with Gasteiger partial charge in [0.2, 0.25) is 5.91 Å². The molecule has 1 aliphatic carbocycles. The molecule has 0 heterocycles. The Balaban J connectivity index is 1.61. The van der Waals surface area contributed by atoms with E-state index in [1.807, 2.05) is 48.5 Å². The van der Waals surface area contributed by atoms with Crippen molar-refractivity contribution in [2.75, 3.05) is 6.54 Å². The predicted octanol–water partition coefficient (Wildman–Crippen LogP) is 4.76. The second kappa shape index (κ2) is 7.77. The van der Waals surface area contributed by atoms with E-state index in [2.05, 4.69) is 5.32 Å². The lowest BCUT2D eigenvalue weighted by Gasteiger charge is -2.21. The highest BCUT2D eigenvalue weighted by Gasteiger charge is 2.40. The number of alkyl halides is 2. The predicted molar refractivity (Wildman–Crippen MR) is 100 cm³/mol. The maximum atomic E-state index is 12.6. The van der Waals surface area contributed by atoms with Crippen molar-refractivity contribution in [3.8, 4) is 0 Å². The van der Waals surface area contributed by atoms with Crippen LogP contribution in [0.25, 0.3) is 0 Å². The Bertz CT molecular complexity index is 715. The summed E-state index contributed by atoms with van der Waals surface area (Å²) in [5.74, 6) is -0.357. The number of halogens is 3. The molecule has 1 amide bonds. The maximum Gasteiger partial charge on any atom is 0.224 e. The highest BCUT2D eigenvalue weighted by Crippen LogP contribution is 2.43. The Morgan fingerprint density at radius 3 is 2.54 bits per heavy atom. The highest BCUT2D eigenvalue weighted by atomic mass is 35.5. The summed E-state index contributed by atoms with van der Waals surface area (Å²) in [5, 5.41) is 3.73. The molecule has 0 saturated heterocycles. The van der Waals surface area contributed by atoms with Crippen molar-refractivity contribution in [1.82, 2.24) is 5.32 Å². The summed E-state index contributed by atoms with van der Waals surface area (Å²) in [6, 6.07) is 15.6. The standard InChI is InChI=1S/C19H18Cl3NO/c20-14-7-5-12(6-8-14)9-10-23-19(24)16-11-13-3-1-2-4-15(13)17(16)18(21)22/h1-8,16-18H,9-11H2,(H,23,24)/t16-,17+/m1/s1. The van der Waals surface area contributed by atoms with Gasteiger partial charge in [-0.3, -0.25) is 4.79 Å². The molecule has 2 nitrogen and oxygen atoms in total. The van der Waals surface area contributed by atoms with Gasteiger partial charge in [0.1, 0.15) is 4.84 Å². The first-order valence-electron chi connectivity index (χ1n) is 7.94. The molecule has 0 spiro atoms. The van der Waals surface area contributed by atoms with Crippen LogP contribution in [0.3, 0.4) is 0 Å². The fraction of sp³-hybridized carbons (Fsp3) is 0.316. The zero-order chi connectivity index (χ0) is 17.1. The largest absolute Gasteiger partial charge is 0.356 e. The van der Waals surface area contributed by atoms with E-state index in [-0.39, 0.29) is 17.7 Å². The van der Waals surface area contributed by atoms with Crippen LogP contribution < -0.4 is 5.32 Å². The molecule has 0 saturated carbocycles. The average Bonchev–Trinajstić information content (AvgIpc) is 2.96. The van der Waals surface area contributed by atoms with Crippen LogP contribution in [0.5, 0.6) is 0 Å². The zero-order valence-corrected chi connectivity index (χ0v) is 15.3. The minimum Gasteiger partial charge on any atom is -0.356 e. The maximum absolute atomic E-state index is 12.6. The third-order valence-corrected chi connectivity index (χ3v) is 5.32. The highest BCUT2D eigenvalue weighted by molar-refractivity contribution is 6.45. The second-order valence-electron chi connectivity index (χ2n) is 6.04. The van der Waals surface area contributed by atoms with Crippen molar-refractivity contribution in [3.05, 3.63) is 70.2 Å². The Labute approximate surface area is 157 Å². The van der Waals surface area contributed by atoms with Gasteiger partial charge in [0, 0.05) is 17.5 Å². The van der Waals surface area contributed by atoms with Gasteiger partial charge in [-0.1, -0.05) is 48.0 Å². The normalized spacial score (nSPS) is 19.3. The summed E-state index contributed by atoms with van der Waals surface area (Å²) >= 11 is 18.2. The SMILES string of the molecule is O=C(NCCc1ccc(Cl)cc1)[C@@H]1Cc2ccccc2[C@@H]1C(Cl)Cl. The summed E-state index contributed by atoms with van der Waals surface area (Å²) < 4.78 is 0. The van der Waals surface area contributed by atoms with E-state index in [0.29, 0.717) is 18.0 Å². The minimum atomic E-state index is -0.597. The van der Waals surface area contributed by atoms with Gasteiger partial charge in [0.15, 0.2) is 0 Å². The molecule has 3 rings (SSSR count). The lowest BCUT2D eigenvalue weighted by molar-refractivity contribution is -0.125. The van der Waals surface area contributed by atoms with Crippen LogP contribution in [-0.4, -0.2) is 17.3 Å². The van der Waals surface area contributed by atoms with Gasteiger partial charge in [-0.2, -0.15) is 0 Å². The number of nitrogens with one attached hydrogen (secondary N) is 1. The van der Waals surface area contributed by atoms with E-state index in [1.165, 1.54) is 0 Å². The van der Waals surface area contributed by atoms with Crippen LogP contribution in [0.4, 0.5) is 0 Å². The van der Waals surface area contributed by atoms with Crippen molar-refractivity contribution in [2.24, 2.45) is 5.92 Å². The first-order chi connectivity index (χ1) is 11.6. The summed E-state index contributed by atoms with van der Waals surface area (Å²) in [6.45, 7) is 0.579. The monoisotopic (exact) mass is 381 g/mol. The van der Waals surface area contributed by atoms with Gasteiger partial charge in [0.25, 0.3) is 0 Å². The van der Waals surface area contributed by atoms with Crippen LogP contribution in [0.15, 0.2) is 48.5 Å². The van der Waals surface area contributed by atoms with Crippen LogP contribution in [0.1, 0.15) is 22.6 Å². The van der Waals surface area contributed by atoms with E-state index in [0.717, 1.165) is 23.1 Å². The topological polar surface area (TPSA) is 29.1 Å². The number of carbonyl (C=O) groups excluding carboxylic acids is 1. The summed E-state index contributed by atoms with van der Waals surface area (Å²) in [7, 11) is 0. The summed E-state index contributed by atoms with van der Waals surface area (Å²) in [4.78, 5) is 12.0. The van der Waals surface area contributed by atoms with E-state index in [1.54, 1.807) is 0 Å². The van der Waals surface area contributed by atoms with Gasteiger partial charge in [-0.25, -0.2) is 0 Å². The number of hydrogen-bond acceptors (Lipinski definition) is 1. The molecule has 2 aromatic rings. The van der Waals surface area contributed by atoms with Crippen molar-refractivity contribution in [3.63, 3.8) is 0 Å². The first-order valence-corrected chi connectivity index (χ1v) is 9.19. The van der Waals surface area contributed by atoms with Crippen molar-refractivity contribution in [2.45, 2.75) is 23.6 Å². The fourth-order valence-electron chi connectivity index (χ4n) is 3.31. The number of carbonyl (C=O) groups is 1. The van der Waals surface area contributed by atoms with E-state index in [9.17, 15) is 4.79 Å². The molecule has 24 heavy (non-hydrogen) atoms. The quantitative estimate of drug-likeness (QED) is 0.742. The molecule has 0 fully saturated rings. The van der Waals surface area contributed by atoms with Gasteiger partial charge >= 0.3 is 0 Å². The third kappa shape index (κ3) is 3.88. The Morgan fingerprint density at radius 1 is 1.12 bits per heavy atom. The number of benzene rings is 2. The summed E-state index contributed by atoms with van der Waals surface area (Å²) in [6.07, 6.45) is 1.45. The molecule has 2 aromatic carbocycles. The van der Waals surface area contributed by atoms with Gasteiger partial charge in [-0.15, -0.1) is 23.2 Å². The second-order valence-corrected chi connectivity index (χ2v) is 7.64. The molecule has 1 aliphatic rings. The smallest absolute Gasteiger partial charge is 0.224 e. The average molecular weight is 383 g/mol. The molecule has 5 heteroatoms. The van der Waals surface area contributed by atoms with Crippen molar-refractivity contribution in [1.29, 1.82) is 0 Å². The molecule has 0 aliphatic heterocycles. The molecule has 0 bridgehead atoms. The van der Waals surface area contributed by atoms with Crippen LogP contribution in [0, 0.1) is 5.92 Å². The molecule has 0 aromatic heterocycles. The number of rotatable bonds is 5. The van der Waals surface area contributed by atoms with Crippen molar-refractivity contribution < 1.29 is 4.79 Å². The minimum absolute atomic E-state index is 0.0106. The van der Waals surface area contributed by atoms with Crippen molar-refractivity contribution >= 4 is 40.7 Å². The molecule has 0 unspecified atom stereocenters. The van der Waals surface area contributed by atoms with Crippen LogP contribution in [-0.2, 0) is 17.6 Å². The van der Waals surface area contributed by atoms with E-state index < -0.39 is 4.84 Å². The fourth-order valence-corrected chi connectivity index (χ4v) is 4.05. The van der Waals surface area contributed by atoms with E-state index in [4.69, 9.17) is 34.8 Å². The number of hydrogen-bond donors (Lipinski definition) is 1. The number of fused-ring (bicyclic) bond motifs is 1. The van der Waals surface area contributed by atoms with Gasteiger partial charge < -0.3 is 5.32 Å². The number of amides is 1. The zero-order valence-electron chi connectivity index (χ0n) is 13.0. The molecule has 126 valence electrons. The third-order valence-electron chi connectivity index (χ3n) is 4.52. The van der Waals surface area contributed by atoms with E-state index >= 15 is 0 Å². The summed E-state index contributed by atoms with van der Waals surface area (Å²) in [5.41, 5.74) is 3.38.